The third-order valence-electron chi connectivity index (χ3n) is 9.93. The largest absolute Gasteiger partial charge is 0.393 e. The van der Waals surface area contributed by atoms with Gasteiger partial charge in [0.2, 0.25) is 0 Å². The van der Waals surface area contributed by atoms with Crippen molar-refractivity contribution in [2.75, 3.05) is 0 Å². The highest BCUT2D eigenvalue weighted by atomic mass is 32.1. The van der Waals surface area contributed by atoms with Gasteiger partial charge in [-0.3, -0.25) is 5.43 Å². The van der Waals surface area contributed by atoms with Gasteiger partial charge in [0, 0.05) is 6.21 Å². The van der Waals surface area contributed by atoms with Crippen LogP contribution in [-0.4, -0.2) is 33.2 Å². The Morgan fingerprint density at radius 2 is 1.93 bits per heavy atom. The van der Waals surface area contributed by atoms with E-state index in [0.717, 1.165) is 57.8 Å². The molecule has 8 atom stereocenters. The van der Waals surface area contributed by atoms with Crippen LogP contribution < -0.4 is 11.2 Å². The Labute approximate surface area is 180 Å². The molecule has 0 saturated heterocycles. The van der Waals surface area contributed by atoms with Gasteiger partial charge >= 0.3 is 0 Å². The number of nitrogens with zero attached hydrogens (tertiary/aromatic N) is 1. The van der Waals surface area contributed by atoms with Crippen molar-refractivity contribution in [3.8, 4) is 0 Å². The second-order valence-corrected chi connectivity index (χ2v) is 11.3. The number of hydrazone groups is 1. The zero-order valence-corrected chi connectivity index (χ0v) is 18.9. The Balaban J connectivity index is 1.48. The van der Waals surface area contributed by atoms with Gasteiger partial charge in [-0.1, -0.05) is 13.8 Å². The molecule has 4 saturated carbocycles. The van der Waals surface area contributed by atoms with Crippen LogP contribution >= 0.6 is 12.2 Å². The third-order valence-corrected chi connectivity index (χ3v) is 10.0. The predicted molar refractivity (Wildman–Crippen MR) is 120 cm³/mol. The van der Waals surface area contributed by atoms with Gasteiger partial charge in [-0.15, -0.1) is 0 Å². The average molecular weight is 422 g/mol. The lowest BCUT2D eigenvalue weighted by Crippen LogP contribution is -2.62. The Bertz CT molecular complexity index is 673. The minimum atomic E-state index is -0.529. The van der Waals surface area contributed by atoms with Crippen molar-refractivity contribution in [3.05, 3.63) is 0 Å². The second kappa shape index (κ2) is 7.76. The number of rotatable bonds is 4. The summed E-state index contributed by atoms with van der Waals surface area (Å²) < 4.78 is 0. The first-order valence-electron chi connectivity index (χ1n) is 11.7. The smallest absolute Gasteiger partial charge is 0.184 e. The molecule has 29 heavy (non-hydrogen) atoms. The molecular weight excluding hydrogens is 382 g/mol. The SMILES string of the molecule is C[C@]12CC[C@H](O)C[C@H]1CC[C@@H]1[C@@H]2CC[C@]2(C)[C@@H](CC/C=N/NC(N)=S)CC[C@]12O. The lowest BCUT2D eigenvalue weighted by molar-refractivity contribution is -0.210. The molecule has 4 aliphatic carbocycles. The van der Waals surface area contributed by atoms with Gasteiger partial charge in [-0.05, 0) is 117 Å². The molecule has 164 valence electrons. The zero-order chi connectivity index (χ0) is 20.9. The van der Waals surface area contributed by atoms with Gasteiger partial charge in [-0.25, -0.2) is 0 Å². The maximum Gasteiger partial charge on any atom is 0.184 e. The van der Waals surface area contributed by atoms with E-state index in [1.54, 1.807) is 0 Å². The number of aliphatic hydroxyl groups excluding tert-OH is 1. The van der Waals surface area contributed by atoms with Crippen LogP contribution in [0, 0.1) is 34.5 Å². The molecule has 0 spiro atoms. The van der Waals surface area contributed by atoms with E-state index in [4.69, 9.17) is 18.0 Å². The summed E-state index contributed by atoms with van der Waals surface area (Å²) in [5, 5.41) is 26.6. The number of fused-ring (bicyclic) bond motifs is 5. The summed E-state index contributed by atoms with van der Waals surface area (Å²) in [6.07, 6.45) is 13.5. The molecule has 0 aromatic rings. The Morgan fingerprint density at radius 3 is 2.69 bits per heavy atom. The van der Waals surface area contributed by atoms with Crippen LogP contribution in [0.15, 0.2) is 5.10 Å². The number of thiocarbonyl (C=S) groups is 1. The van der Waals surface area contributed by atoms with Crippen molar-refractivity contribution in [2.24, 2.45) is 45.3 Å². The third kappa shape index (κ3) is 3.43. The highest BCUT2D eigenvalue weighted by Gasteiger charge is 2.66. The molecule has 0 bridgehead atoms. The van der Waals surface area contributed by atoms with E-state index >= 15 is 0 Å². The lowest BCUT2D eigenvalue weighted by atomic mass is 9.43. The zero-order valence-electron chi connectivity index (χ0n) is 18.1. The number of hydrogen-bond acceptors (Lipinski definition) is 4. The molecule has 5 N–H and O–H groups in total. The van der Waals surface area contributed by atoms with Crippen molar-refractivity contribution >= 4 is 23.5 Å². The second-order valence-electron chi connectivity index (χ2n) is 10.9. The van der Waals surface area contributed by atoms with Gasteiger partial charge in [-0.2, -0.15) is 5.10 Å². The number of nitrogens with one attached hydrogen (secondary N) is 1. The monoisotopic (exact) mass is 421 g/mol. The van der Waals surface area contributed by atoms with Crippen molar-refractivity contribution in [1.29, 1.82) is 0 Å². The standard InChI is InChI=1S/C23H39N3O2S/c1-21-10-8-17(27)14-16(21)5-6-19-18(21)9-11-22(2)15(7-12-23(19,22)28)4-3-13-25-26-20(24)29/h13,15-19,27-28H,3-12,14H2,1-2H3,(H3,24,26,29)/b25-13+/t15-,16+,17-,18-,19+,21-,22+,23-/m0/s1. The summed E-state index contributed by atoms with van der Waals surface area (Å²) in [4.78, 5) is 0. The maximum absolute atomic E-state index is 12.1. The fourth-order valence-electron chi connectivity index (χ4n) is 8.23. The molecule has 0 unspecified atom stereocenters. The van der Waals surface area contributed by atoms with Crippen molar-refractivity contribution in [3.63, 3.8) is 0 Å². The van der Waals surface area contributed by atoms with Crippen LogP contribution in [0.5, 0.6) is 0 Å². The summed E-state index contributed by atoms with van der Waals surface area (Å²) in [6, 6.07) is 0. The van der Waals surface area contributed by atoms with E-state index in [1.165, 1.54) is 12.8 Å². The molecule has 0 amide bonds. The molecule has 0 aromatic carbocycles. The molecule has 0 heterocycles. The van der Waals surface area contributed by atoms with Crippen molar-refractivity contribution in [2.45, 2.75) is 96.2 Å². The Kier molecular flexibility index (Phi) is 5.75. The Morgan fingerprint density at radius 1 is 1.14 bits per heavy atom. The van der Waals surface area contributed by atoms with E-state index in [2.05, 4.69) is 24.4 Å². The molecule has 4 rings (SSSR count). The molecule has 0 radical (unpaired) electrons. The summed E-state index contributed by atoms with van der Waals surface area (Å²) in [6.45, 7) is 4.84. The van der Waals surface area contributed by atoms with E-state index in [-0.39, 0.29) is 16.6 Å². The van der Waals surface area contributed by atoms with Gasteiger partial charge in [0.05, 0.1) is 11.7 Å². The lowest BCUT2D eigenvalue weighted by Gasteiger charge is -2.63. The molecule has 5 nitrogen and oxygen atoms in total. The van der Waals surface area contributed by atoms with Crippen molar-refractivity contribution in [1.82, 2.24) is 5.43 Å². The fraction of sp³-hybridized carbons (Fsp3) is 0.913. The van der Waals surface area contributed by atoms with Crippen molar-refractivity contribution < 1.29 is 10.2 Å². The molecule has 0 aliphatic heterocycles. The van der Waals surface area contributed by atoms with Gasteiger partial charge in [0.15, 0.2) is 5.11 Å². The summed E-state index contributed by atoms with van der Waals surface area (Å²) in [5.74, 6) is 2.22. The van der Waals surface area contributed by atoms with Crippen LogP contribution in [0.4, 0.5) is 0 Å². The minimum absolute atomic E-state index is 0.00990. The van der Waals surface area contributed by atoms with Gasteiger partial charge < -0.3 is 15.9 Å². The summed E-state index contributed by atoms with van der Waals surface area (Å²) >= 11 is 4.78. The molecule has 0 aromatic heterocycles. The highest BCUT2D eigenvalue weighted by Crippen LogP contribution is 2.69. The van der Waals surface area contributed by atoms with Crippen LogP contribution in [0.1, 0.15) is 84.5 Å². The first-order valence-corrected chi connectivity index (χ1v) is 12.1. The average Bonchev–Trinajstić information content (AvgIpc) is 2.93. The number of aliphatic hydroxyl groups is 2. The highest BCUT2D eigenvalue weighted by molar-refractivity contribution is 7.80. The topological polar surface area (TPSA) is 90.9 Å². The van der Waals surface area contributed by atoms with Crippen LogP contribution in [-0.2, 0) is 0 Å². The number of nitrogens with two attached hydrogens (primary N) is 1. The normalized spacial score (nSPS) is 49.3. The van der Waals surface area contributed by atoms with E-state index in [0.29, 0.717) is 29.1 Å². The van der Waals surface area contributed by atoms with Gasteiger partial charge in [0.25, 0.3) is 0 Å². The predicted octanol–water partition coefficient (Wildman–Crippen LogP) is 3.72. The summed E-state index contributed by atoms with van der Waals surface area (Å²) in [5.41, 5.74) is 7.82. The van der Waals surface area contributed by atoms with E-state index in [9.17, 15) is 10.2 Å². The first-order chi connectivity index (χ1) is 13.7. The molecular formula is C23H39N3O2S. The van der Waals surface area contributed by atoms with Crippen LogP contribution in [0.25, 0.3) is 0 Å². The van der Waals surface area contributed by atoms with Gasteiger partial charge in [0.1, 0.15) is 0 Å². The molecule has 4 fully saturated rings. The number of hydrogen-bond donors (Lipinski definition) is 4. The Hall–Kier alpha value is -0.720. The van der Waals surface area contributed by atoms with E-state index in [1.807, 2.05) is 6.21 Å². The first kappa shape index (κ1) is 21.5. The van der Waals surface area contributed by atoms with E-state index < -0.39 is 5.60 Å². The minimum Gasteiger partial charge on any atom is -0.393 e. The quantitative estimate of drug-likeness (QED) is 0.315. The fourth-order valence-corrected chi connectivity index (χ4v) is 8.28. The molecule has 4 aliphatic rings. The van der Waals surface area contributed by atoms with Crippen LogP contribution in [0.3, 0.4) is 0 Å². The van der Waals surface area contributed by atoms with Crippen LogP contribution in [0.2, 0.25) is 0 Å². The summed E-state index contributed by atoms with van der Waals surface area (Å²) in [7, 11) is 0. The molecule has 6 heteroatoms. The maximum atomic E-state index is 12.1.